The zero-order chi connectivity index (χ0) is 21.1. The van der Waals surface area contributed by atoms with Crippen LogP contribution in [0.4, 0.5) is 5.69 Å². The Kier molecular flexibility index (Phi) is 10.2. The minimum atomic E-state index is -0.919. The SMILES string of the molecule is C/C=N\N(C)C(C)NNN(C)CCC(Nc1ccc(C(=O)O)cc1)/C(C)=C/C. The maximum absolute atomic E-state index is 11.0. The zero-order valence-corrected chi connectivity index (χ0v) is 17.7. The van der Waals surface area contributed by atoms with Gasteiger partial charge in [-0.2, -0.15) is 10.6 Å². The zero-order valence-electron chi connectivity index (χ0n) is 17.7. The molecule has 0 bridgehead atoms. The van der Waals surface area contributed by atoms with Crippen LogP contribution in [0.3, 0.4) is 0 Å². The van der Waals surface area contributed by atoms with E-state index in [-0.39, 0.29) is 17.8 Å². The van der Waals surface area contributed by atoms with Gasteiger partial charge in [0.25, 0.3) is 0 Å². The van der Waals surface area contributed by atoms with Crippen molar-refractivity contribution in [3.05, 3.63) is 41.5 Å². The number of nitrogens with zero attached hydrogens (tertiary/aromatic N) is 3. The molecule has 0 aliphatic heterocycles. The van der Waals surface area contributed by atoms with Crippen LogP contribution in [0, 0.1) is 0 Å². The van der Waals surface area contributed by atoms with Gasteiger partial charge in [-0.25, -0.2) is 15.2 Å². The maximum atomic E-state index is 11.0. The van der Waals surface area contributed by atoms with Crippen molar-refractivity contribution in [2.24, 2.45) is 5.10 Å². The molecule has 0 radical (unpaired) electrons. The van der Waals surface area contributed by atoms with E-state index >= 15 is 0 Å². The van der Waals surface area contributed by atoms with E-state index in [9.17, 15) is 4.79 Å². The van der Waals surface area contributed by atoms with Crippen molar-refractivity contribution in [3.8, 4) is 0 Å². The quantitative estimate of drug-likeness (QED) is 0.189. The molecule has 0 amide bonds. The minimum Gasteiger partial charge on any atom is -0.478 e. The monoisotopic (exact) mass is 390 g/mol. The van der Waals surface area contributed by atoms with Gasteiger partial charge in [-0.1, -0.05) is 11.6 Å². The van der Waals surface area contributed by atoms with Crippen molar-refractivity contribution in [1.29, 1.82) is 0 Å². The number of allylic oxidation sites excluding steroid dienone is 1. The van der Waals surface area contributed by atoms with Gasteiger partial charge >= 0.3 is 5.97 Å². The number of carboxylic acids is 1. The molecule has 8 heteroatoms. The van der Waals surface area contributed by atoms with Crippen LogP contribution < -0.4 is 16.3 Å². The van der Waals surface area contributed by atoms with E-state index in [1.165, 1.54) is 5.57 Å². The van der Waals surface area contributed by atoms with E-state index in [0.717, 1.165) is 18.7 Å². The molecular weight excluding hydrogens is 356 g/mol. The molecule has 4 N–H and O–H groups in total. The van der Waals surface area contributed by atoms with E-state index in [1.807, 2.05) is 44.9 Å². The van der Waals surface area contributed by atoms with Crippen LogP contribution in [0.1, 0.15) is 44.5 Å². The number of hydrazone groups is 1. The van der Waals surface area contributed by atoms with Gasteiger partial charge in [0, 0.05) is 38.6 Å². The molecule has 0 aliphatic rings. The number of hydrogen-bond acceptors (Lipinski definition) is 7. The van der Waals surface area contributed by atoms with Crippen LogP contribution in [0.15, 0.2) is 41.0 Å². The van der Waals surface area contributed by atoms with Gasteiger partial charge in [-0.3, -0.25) is 5.01 Å². The summed E-state index contributed by atoms with van der Waals surface area (Å²) in [6.45, 7) is 8.82. The second-order valence-corrected chi connectivity index (χ2v) is 6.70. The Morgan fingerprint density at radius 3 is 2.43 bits per heavy atom. The second-order valence-electron chi connectivity index (χ2n) is 6.70. The fourth-order valence-corrected chi connectivity index (χ4v) is 2.48. The average molecular weight is 391 g/mol. The highest BCUT2D eigenvalue weighted by Gasteiger charge is 2.13. The van der Waals surface area contributed by atoms with Gasteiger partial charge in [0.05, 0.1) is 5.56 Å². The number of anilines is 1. The minimum absolute atomic E-state index is 0.0394. The van der Waals surface area contributed by atoms with Crippen LogP contribution in [0.5, 0.6) is 0 Å². The third-order valence-corrected chi connectivity index (χ3v) is 4.55. The molecule has 0 aromatic heterocycles. The number of nitrogens with one attached hydrogen (secondary N) is 3. The predicted molar refractivity (Wildman–Crippen MR) is 115 cm³/mol. The fourth-order valence-electron chi connectivity index (χ4n) is 2.48. The highest BCUT2D eigenvalue weighted by atomic mass is 16.4. The van der Waals surface area contributed by atoms with Crippen molar-refractivity contribution in [2.75, 3.05) is 26.0 Å². The summed E-state index contributed by atoms with van der Waals surface area (Å²) >= 11 is 0. The van der Waals surface area contributed by atoms with Gasteiger partial charge < -0.3 is 10.4 Å². The summed E-state index contributed by atoms with van der Waals surface area (Å²) in [6, 6.07) is 6.97. The molecule has 156 valence electrons. The summed E-state index contributed by atoms with van der Waals surface area (Å²) in [4.78, 5) is 11.0. The first kappa shape index (κ1) is 23.6. The molecule has 2 unspecified atom stereocenters. The van der Waals surface area contributed by atoms with Crippen LogP contribution in [0.2, 0.25) is 0 Å². The standard InChI is InChI=1S/C20H34N6O2/c1-7-15(3)19(22-18-11-9-17(10-12-18)20(27)28)13-14-25(5)24-23-16(4)26(6)21-8-2/h7-12,16,19,22-24H,13-14H2,1-6H3,(H,27,28)/b15-7+,21-8-. The smallest absolute Gasteiger partial charge is 0.335 e. The molecule has 8 nitrogen and oxygen atoms in total. The first-order valence-electron chi connectivity index (χ1n) is 9.44. The summed E-state index contributed by atoms with van der Waals surface area (Å²) in [6.07, 6.45) is 4.76. The fraction of sp³-hybridized carbons (Fsp3) is 0.500. The Morgan fingerprint density at radius 1 is 1.25 bits per heavy atom. The molecule has 2 atom stereocenters. The summed E-state index contributed by atoms with van der Waals surface area (Å²) in [5.41, 5.74) is 8.79. The van der Waals surface area contributed by atoms with Crippen LogP contribution in [-0.4, -0.2) is 60.2 Å². The molecule has 0 fully saturated rings. The molecule has 0 aliphatic carbocycles. The Balaban J connectivity index is 2.58. The van der Waals surface area contributed by atoms with Crippen LogP contribution in [-0.2, 0) is 0 Å². The molecule has 0 saturated carbocycles. The van der Waals surface area contributed by atoms with Gasteiger partial charge in [0.15, 0.2) is 0 Å². The first-order valence-corrected chi connectivity index (χ1v) is 9.44. The van der Waals surface area contributed by atoms with Crippen molar-refractivity contribution < 1.29 is 9.90 Å². The third-order valence-electron chi connectivity index (χ3n) is 4.55. The maximum Gasteiger partial charge on any atom is 0.335 e. The number of hydrogen-bond donors (Lipinski definition) is 4. The van der Waals surface area contributed by atoms with Crippen molar-refractivity contribution in [3.63, 3.8) is 0 Å². The highest BCUT2D eigenvalue weighted by Crippen LogP contribution is 2.16. The van der Waals surface area contributed by atoms with E-state index in [1.54, 1.807) is 30.5 Å². The Bertz CT molecular complexity index is 659. The lowest BCUT2D eigenvalue weighted by Crippen LogP contribution is -2.53. The van der Waals surface area contributed by atoms with E-state index < -0.39 is 5.97 Å². The number of carboxylic acid groups (broad SMARTS) is 1. The third kappa shape index (κ3) is 8.08. The van der Waals surface area contributed by atoms with Crippen molar-refractivity contribution in [1.82, 2.24) is 21.0 Å². The Morgan fingerprint density at radius 2 is 1.89 bits per heavy atom. The Labute approximate surface area is 168 Å². The lowest BCUT2D eigenvalue weighted by Gasteiger charge is -2.28. The first-order chi connectivity index (χ1) is 13.3. The largest absolute Gasteiger partial charge is 0.478 e. The summed E-state index contributed by atoms with van der Waals surface area (Å²) in [5, 5.41) is 20.5. The van der Waals surface area contributed by atoms with Crippen LogP contribution >= 0.6 is 0 Å². The number of rotatable bonds is 12. The van der Waals surface area contributed by atoms with E-state index in [4.69, 9.17) is 5.11 Å². The number of benzene rings is 1. The molecule has 0 spiro atoms. The highest BCUT2D eigenvalue weighted by molar-refractivity contribution is 5.88. The molecular formula is C20H34N6O2. The average Bonchev–Trinajstić information content (AvgIpc) is 2.69. The molecule has 1 aromatic rings. The predicted octanol–water partition coefficient (Wildman–Crippen LogP) is 2.75. The molecule has 1 rings (SSSR count). The summed E-state index contributed by atoms with van der Waals surface area (Å²) < 4.78 is 0. The molecule has 1 aromatic carbocycles. The van der Waals surface area contributed by atoms with Gasteiger partial charge in [-0.05, 0) is 58.4 Å². The number of carbonyl (C=O) groups is 1. The molecule has 0 heterocycles. The van der Waals surface area contributed by atoms with E-state index in [0.29, 0.717) is 0 Å². The van der Waals surface area contributed by atoms with E-state index in [2.05, 4.69) is 34.4 Å². The number of aromatic carboxylic acids is 1. The van der Waals surface area contributed by atoms with Crippen LogP contribution in [0.25, 0.3) is 0 Å². The van der Waals surface area contributed by atoms with Gasteiger partial charge in [0.2, 0.25) is 0 Å². The molecule has 28 heavy (non-hydrogen) atoms. The lowest BCUT2D eigenvalue weighted by atomic mass is 10.0. The summed E-state index contributed by atoms with van der Waals surface area (Å²) in [7, 11) is 3.89. The molecule has 0 saturated heterocycles. The summed E-state index contributed by atoms with van der Waals surface area (Å²) in [5.74, 6) is -0.919. The topological polar surface area (TPSA) is 92.2 Å². The normalized spacial score (nSPS) is 14.3. The second kappa shape index (κ2) is 12.1. The van der Waals surface area contributed by atoms with Crippen molar-refractivity contribution >= 4 is 17.9 Å². The van der Waals surface area contributed by atoms with Gasteiger partial charge in [-0.15, -0.1) is 0 Å². The number of hydrazine groups is 2. The lowest BCUT2D eigenvalue weighted by molar-refractivity contribution is 0.0697. The van der Waals surface area contributed by atoms with Crippen molar-refractivity contribution in [2.45, 2.75) is 46.3 Å². The van der Waals surface area contributed by atoms with Gasteiger partial charge in [0.1, 0.15) is 6.17 Å². The Hall–Kier alpha value is -2.42.